The van der Waals surface area contributed by atoms with Gasteiger partial charge in [-0.15, -0.1) is 0 Å². The maximum Gasteiger partial charge on any atom is 0.165 e. The van der Waals surface area contributed by atoms with Crippen molar-refractivity contribution in [1.29, 1.82) is 0 Å². The van der Waals surface area contributed by atoms with E-state index in [4.69, 9.17) is 10.5 Å². The number of rotatable bonds is 4. The molecule has 1 heterocycles. The van der Waals surface area contributed by atoms with E-state index in [0.29, 0.717) is 19.4 Å². The third-order valence-corrected chi connectivity index (χ3v) is 5.31. The van der Waals surface area contributed by atoms with Gasteiger partial charge in [-0.25, -0.2) is 13.2 Å². The number of ether oxygens (including phenoxy) is 1. The van der Waals surface area contributed by atoms with Crippen LogP contribution in [0.2, 0.25) is 0 Å². The Hall–Kier alpha value is -1.11. The molecule has 134 valence electrons. The summed E-state index contributed by atoms with van der Waals surface area (Å²) in [4.78, 5) is 0. The van der Waals surface area contributed by atoms with E-state index in [1.54, 1.807) is 0 Å². The van der Waals surface area contributed by atoms with Gasteiger partial charge in [0.25, 0.3) is 0 Å². The van der Waals surface area contributed by atoms with Crippen LogP contribution in [0.1, 0.15) is 50.0 Å². The van der Waals surface area contributed by atoms with Gasteiger partial charge in [0, 0.05) is 17.6 Å². The molecule has 0 amide bonds. The summed E-state index contributed by atoms with van der Waals surface area (Å²) in [5, 5.41) is 3.37. The lowest BCUT2D eigenvalue weighted by atomic mass is 9.82. The molecular formula is C18H25F3N2O. The van der Waals surface area contributed by atoms with Crippen LogP contribution in [0.3, 0.4) is 0 Å². The highest BCUT2D eigenvalue weighted by Gasteiger charge is 2.29. The van der Waals surface area contributed by atoms with E-state index < -0.39 is 17.5 Å². The average Bonchev–Trinajstić information content (AvgIpc) is 2.59. The fourth-order valence-corrected chi connectivity index (χ4v) is 3.84. The molecule has 0 bridgehead atoms. The van der Waals surface area contributed by atoms with E-state index in [9.17, 15) is 13.2 Å². The lowest BCUT2D eigenvalue weighted by Crippen LogP contribution is -2.52. The zero-order chi connectivity index (χ0) is 17.1. The summed E-state index contributed by atoms with van der Waals surface area (Å²) in [5.74, 6) is -2.97. The van der Waals surface area contributed by atoms with E-state index in [0.717, 1.165) is 44.4 Å². The molecule has 0 unspecified atom stereocenters. The third kappa shape index (κ3) is 3.92. The first-order chi connectivity index (χ1) is 11.6. The maximum absolute atomic E-state index is 13.9. The largest absolute Gasteiger partial charge is 0.377 e. The van der Waals surface area contributed by atoms with Crippen molar-refractivity contribution >= 4 is 0 Å². The second kappa shape index (κ2) is 7.85. The van der Waals surface area contributed by atoms with Crippen LogP contribution in [0.5, 0.6) is 0 Å². The Kier molecular flexibility index (Phi) is 5.79. The van der Waals surface area contributed by atoms with Crippen molar-refractivity contribution in [2.75, 3.05) is 13.2 Å². The van der Waals surface area contributed by atoms with Crippen LogP contribution in [0, 0.1) is 17.5 Å². The van der Waals surface area contributed by atoms with Gasteiger partial charge in [0.2, 0.25) is 0 Å². The van der Waals surface area contributed by atoms with Crippen molar-refractivity contribution in [3.05, 3.63) is 35.1 Å². The number of halogens is 3. The van der Waals surface area contributed by atoms with E-state index in [1.807, 2.05) is 0 Å². The van der Waals surface area contributed by atoms with E-state index in [-0.39, 0.29) is 29.7 Å². The van der Waals surface area contributed by atoms with E-state index >= 15 is 0 Å². The predicted molar refractivity (Wildman–Crippen MR) is 86.3 cm³/mol. The summed E-state index contributed by atoms with van der Waals surface area (Å²) >= 11 is 0. The van der Waals surface area contributed by atoms with Gasteiger partial charge in [-0.2, -0.15) is 0 Å². The SMILES string of the molecule is N[C@H]1CCCN[C@H]1COC1CCC(c2c(F)ccc(F)c2F)CC1. The highest BCUT2D eigenvalue weighted by atomic mass is 19.2. The molecule has 3 rings (SSSR count). The summed E-state index contributed by atoms with van der Waals surface area (Å²) in [7, 11) is 0. The molecule has 2 aliphatic rings. The van der Waals surface area contributed by atoms with Gasteiger partial charge in [-0.1, -0.05) is 0 Å². The molecule has 3 nitrogen and oxygen atoms in total. The number of piperidine rings is 1. The first kappa shape index (κ1) is 17.7. The van der Waals surface area contributed by atoms with Crippen molar-refractivity contribution in [3.63, 3.8) is 0 Å². The Morgan fingerprint density at radius 1 is 1.04 bits per heavy atom. The molecule has 0 spiro atoms. The van der Waals surface area contributed by atoms with E-state index in [1.165, 1.54) is 0 Å². The van der Waals surface area contributed by atoms with Crippen molar-refractivity contribution < 1.29 is 17.9 Å². The van der Waals surface area contributed by atoms with Gasteiger partial charge in [0.1, 0.15) is 5.82 Å². The zero-order valence-corrected chi connectivity index (χ0v) is 13.7. The monoisotopic (exact) mass is 342 g/mol. The van der Waals surface area contributed by atoms with Crippen molar-refractivity contribution in [2.24, 2.45) is 5.73 Å². The normalized spacial score (nSPS) is 31.2. The maximum atomic E-state index is 13.9. The molecule has 2 atom stereocenters. The molecule has 1 aromatic rings. The first-order valence-corrected chi connectivity index (χ1v) is 8.80. The minimum Gasteiger partial charge on any atom is -0.377 e. The molecule has 1 aliphatic carbocycles. The fraction of sp³-hybridized carbons (Fsp3) is 0.667. The van der Waals surface area contributed by atoms with Gasteiger partial charge < -0.3 is 15.8 Å². The van der Waals surface area contributed by atoms with Crippen LogP contribution in [-0.2, 0) is 4.74 Å². The van der Waals surface area contributed by atoms with Gasteiger partial charge >= 0.3 is 0 Å². The highest BCUT2D eigenvalue weighted by molar-refractivity contribution is 5.25. The molecule has 1 saturated heterocycles. The lowest BCUT2D eigenvalue weighted by Gasteiger charge is -2.33. The third-order valence-electron chi connectivity index (χ3n) is 5.31. The van der Waals surface area contributed by atoms with Gasteiger partial charge in [0.15, 0.2) is 11.6 Å². The molecule has 6 heteroatoms. The Morgan fingerprint density at radius 3 is 2.46 bits per heavy atom. The van der Waals surface area contributed by atoms with Gasteiger partial charge in [-0.05, 0) is 63.1 Å². The number of benzene rings is 1. The van der Waals surface area contributed by atoms with Gasteiger partial charge in [-0.3, -0.25) is 0 Å². The Morgan fingerprint density at radius 2 is 1.75 bits per heavy atom. The van der Waals surface area contributed by atoms with Crippen LogP contribution in [0.25, 0.3) is 0 Å². The molecular weight excluding hydrogens is 317 g/mol. The summed E-state index contributed by atoms with van der Waals surface area (Å²) < 4.78 is 47.1. The number of nitrogens with two attached hydrogens (primary N) is 1. The second-order valence-corrected chi connectivity index (χ2v) is 6.93. The molecule has 2 fully saturated rings. The Bertz CT molecular complexity index is 561. The zero-order valence-electron chi connectivity index (χ0n) is 13.7. The number of hydrogen-bond donors (Lipinski definition) is 2. The summed E-state index contributed by atoms with van der Waals surface area (Å²) in [5.41, 5.74) is 5.97. The first-order valence-electron chi connectivity index (χ1n) is 8.80. The standard InChI is InChI=1S/C18H25F3N2O/c19-13-7-8-14(20)18(21)17(13)11-3-5-12(6-4-11)24-10-16-15(22)2-1-9-23-16/h7-8,11-12,15-16,23H,1-6,9-10,22H2/t11?,12?,15-,16-/m0/s1. The molecule has 1 aliphatic heterocycles. The second-order valence-electron chi connectivity index (χ2n) is 6.93. The number of nitrogens with one attached hydrogen (secondary N) is 1. The molecule has 0 radical (unpaired) electrons. The van der Waals surface area contributed by atoms with Crippen molar-refractivity contribution in [1.82, 2.24) is 5.32 Å². The predicted octanol–water partition coefficient (Wildman–Crippen LogP) is 3.23. The summed E-state index contributed by atoms with van der Waals surface area (Å²) in [6.45, 7) is 1.53. The molecule has 1 aromatic carbocycles. The van der Waals surface area contributed by atoms with E-state index in [2.05, 4.69) is 5.32 Å². The Labute approximate surface area is 140 Å². The smallest absolute Gasteiger partial charge is 0.165 e. The average molecular weight is 342 g/mol. The summed E-state index contributed by atoms with van der Waals surface area (Å²) in [6, 6.07) is 2.13. The molecule has 1 saturated carbocycles. The van der Waals surface area contributed by atoms with Crippen molar-refractivity contribution in [2.45, 2.75) is 62.6 Å². The van der Waals surface area contributed by atoms with Crippen LogP contribution < -0.4 is 11.1 Å². The minimum absolute atomic E-state index is 0.0804. The topological polar surface area (TPSA) is 47.3 Å². The quantitative estimate of drug-likeness (QED) is 0.826. The Balaban J connectivity index is 1.52. The van der Waals surface area contributed by atoms with Crippen LogP contribution in [0.4, 0.5) is 13.2 Å². The molecule has 0 aromatic heterocycles. The fourth-order valence-electron chi connectivity index (χ4n) is 3.84. The summed E-state index contributed by atoms with van der Waals surface area (Å²) in [6.07, 6.45) is 4.83. The lowest BCUT2D eigenvalue weighted by molar-refractivity contribution is 0.00581. The minimum atomic E-state index is -1.04. The highest BCUT2D eigenvalue weighted by Crippen LogP contribution is 2.37. The number of hydrogen-bond acceptors (Lipinski definition) is 3. The van der Waals surface area contributed by atoms with Crippen molar-refractivity contribution in [3.8, 4) is 0 Å². The molecule has 24 heavy (non-hydrogen) atoms. The molecule has 3 N–H and O–H groups in total. The van der Waals surface area contributed by atoms with Gasteiger partial charge in [0.05, 0.1) is 12.7 Å². The van der Waals surface area contributed by atoms with Crippen LogP contribution in [0.15, 0.2) is 12.1 Å². The van der Waals surface area contributed by atoms with Crippen LogP contribution >= 0.6 is 0 Å². The van der Waals surface area contributed by atoms with Crippen LogP contribution in [-0.4, -0.2) is 31.3 Å².